The summed E-state index contributed by atoms with van der Waals surface area (Å²) in [4.78, 5) is 21.5. The number of rotatable bonds is 3. The molecule has 1 aliphatic rings. The normalized spacial score (nSPS) is 13.1. The van der Waals surface area contributed by atoms with Gasteiger partial charge in [-0.25, -0.2) is 9.97 Å². The summed E-state index contributed by atoms with van der Waals surface area (Å²) in [5.41, 5.74) is 3.79. The van der Waals surface area contributed by atoms with Gasteiger partial charge in [0, 0.05) is 24.2 Å². The standard InChI is InChI=1S/C20H16N4OS/c25-19(20-23-15-7-1-2-8-17(15)26-20)22-14-6-3-5-13(11-14)16-12-21-18-9-4-10-24(16)18/h1-3,5-8,11-12H,4,9-10H2,(H,22,25). The highest BCUT2D eigenvalue weighted by Gasteiger charge is 2.17. The monoisotopic (exact) mass is 360 g/mol. The molecule has 0 spiro atoms. The Bertz CT molecular complexity index is 1090. The fourth-order valence-corrected chi connectivity index (χ4v) is 4.26. The molecule has 6 heteroatoms. The molecule has 1 N–H and O–H groups in total. The number of nitrogens with one attached hydrogen (secondary N) is 1. The zero-order chi connectivity index (χ0) is 17.5. The minimum atomic E-state index is -0.179. The Morgan fingerprint density at radius 1 is 1.15 bits per heavy atom. The van der Waals surface area contributed by atoms with Crippen molar-refractivity contribution in [1.29, 1.82) is 0 Å². The molecule has 0 radical (unpaired) electrons. The summed E-state index contributed by atoms with van der Waals surface area (Å²) in [6, 6.07) is 15.7. The van der Waals surface area contributed by atoms with Gasteiger partial charge >= 0.3 is 0 Å². The second-order valence-electron chi connectivity index (χ2n) is 6.34. The first kappa shape index (κ1) is 15.3. The second kappa shape index (κ2) is 6.07. The molecule has 5 rings (SSSR count). The lowest BCUT2D eigenvalue weighted by atomic mass is 10.1. The Labute approximate surface area is 154 Å². The second-order valence-corrected chi connectivity index (χ2v) is 7.37. The van der Waals surface area contributed by atoms with Gasteiger partial charge in [0.15, 0.2) is 5.01 Å². The van der Waals surface area contributed by atoms with Crippen LogP contribution in [0.25, 0.3) is 21.5 Å². The van der Waals surface area contributed by atoms with Crippen molar-refractivity contribution in [2.45, 2.75) is 19.4 Å². The number of hydrogen-bond acceptors (Lipinski definition) is 4. The van der Waals surface area contributed by atoms with Crippen LogP contribution in [-0.4, -0.2) is 20.4 Å². The van der Waals surface area contributed by atoms with Gasteiger partial charge in [-0.05, 0) is 30.7 Å². The van der Waals surface area contributed by atoms with E-state index in [9.17, 15) is 4.79 Å². The van der Waals surface area contributed by atoms with Gasteiger partial charge in [0.05, 0.1) is 22.1 Å². The van der Waals surface area contributed by atoms with Gasteiger partial charge in [-0.2, -0.15) is 0 Å². The summed E-state index contributed by atoms with van der Waals surface area (Å²) in [6.45, 7) is 1.01. The summed E-state index contributed by atoms with van der Waals surface area (Å²) < 4.78 is 3.27. The van der Waals surface area contributed by atoms with Gasteiger partial charge in [0.2, 0.25) is 0 Å². The third-order valence-corrected chi connectivity index (χ3v) is 5.66. The zero-order valence-corrected chi connectivity index (χ0v) is 14.8. The first-order valence-electron chi connectivity index (χ1n) is 8.60. The van der Waals surface area contributed by atoms with E-state index in [0.29, 0.717) is 5.01 Å². The highest BCUT2D eigenvalue weighted by molar-refractivity contribution is 7.20. The Kier molecular flexibility index (Phi) is 3.57. The lowest BCUT2D eigenvalue weighted by molar-refractivity contribution is 0.102. The fraction of sp³-hybridized carbons (Fsp3) is 0.150. The van der Waals surface area contributed by atoms with E-state index >= 15 is 0 Å². The molecule has 3 heterocycles. The van der Waals surface area contributed by atoms with Crippen molar-refractivity contribution in [1.82, 2.24) is 14.5 Å². The number of para-hydroxylation sites is 1. The molecule has 1 amide bonds. The van der Waals surface area contributed by atoms with Crippen LogP contribution in [0.2, 0.25) is 0 Å². The Hall–Kier alpha value is -2.99. The Morgan fingerprint density at radius 2 is 2.08 bits per heavy atom. The van der Waals surface area contributed by atoms with Crippen molar-refractivity contribution >= 4 is 33.1 Å². The summed E-state index contributed by atoms with van der Waals surface area (Å²) in [5, 5.41) is 3.44. The molecular formula is C20H16N4OS. The van der Waals surface area contributed by atoms with Crippen LogP contribution in [0.3, 0.4) is 0 Å². The molecule has 0 saturated carbocycles. The van der Waals surface area contributed by atoms with Crippen LogP contribution in [0.5, 0.6) is 0 Å². The van der Waals surface area contributed by atoms with E-state index in [1.54, 1.807) is 0 Å². The van der Waals surface area contributed by atoms with Crippen molar-refractivity contribution < 1.29 is 4.79 Å². The maximum absolute atomic E-state index is 12.6. The SMILES string of the molecule is O=C(Nc1cccc(-c2cnc3n2CCC3)c1)c1nc2ccccc2s1. The van der Waals surface area contributed by atoms with Crippen LogP contribution in [0.4, 0.5) is 5.69 Å². The van der Waals surface area contributed by atoms with E-state index in [0.717, 1.165) is 52.4 Å². The van der Waals surface area contributed by atoms with Crippen LogP contribution >= 0.6 is 11.3 Å². The predicted octanol–water partition coefficient (Wildman–Crippen LogP) is 4.36. The van der Waals surface area contributed by atoms with Gasteiger partial charge in [-0.1, -0.05) is 24.3 Å². The molecule has 5 nitrogen and oxygen atoms in total. The maximum Gasteiger partial charge on any atom is 0.284 e. The highest BCUT2D eigenvalue weighted by Crippen LogP contribution is 2.28. The average molecular weight is 360 g/mol. The number of fused-ring (bicyclic) bond motifs is 2. The van der Waals surface area contributed by atoms with E-state index in [1.807, 2.05) is 48.7 Å². The van der Waals surface area contributed by atoms with Crippen molar-refractivity contribution in [2.24, 2.45) is 0 Å². The third-order valence-electron chi connectivity index (χ3n) is 4.62. The topological polar surface area (TPSA) is 59.8 Å². The van der Waals surface area contributed by atoms with Crippen molar-refractivity contribution in [3.05, 3.63) is 65.6 Å². The molecule has 2 aromatic heterocycles. The molecule has 128 valence electrons. The molecule has 0 aliphatic carbocycles. The smallest absolute Gasteiger partial charge is 0.284 e. The van der Waals surface area contributed by atoms with Gasteiger partial charge < -0.3 is 9.88 Å². The number of carbonyl (C=O) groups excluding carboxylic acids is 1. The Balaban J connectivity index is 1.43. The van der Waals surface area contributed by atoms with Crippen molar-refractivity contribution in [3.8, 4) is 11.3 Å². The zero-order valence-electron chi connectivity index (χ0n) is 14.0. The first-order chi connectivity index (χ1) is 12.8. The molecule has 0 unspecified atom stereocenters. The van der Waals surface area contributed by atoms with Crippen LogP contribution in [-0.2, 0) is 13.0 Å². The van der Waals surface area contributed by atoms with Crippen LogP contribution in [0.1, 0.15) is 22.0 Å². The van der Waals surface area contributed by atoms with Crippen LogP contribution in [0.15, 0.2) is 54.7 Å². The van der Waals surface area contributed by atoms with Crippen LogP contribution < -0.4 is 5.32 Å². The van der Waals surface area contributed by atoms with E-state index < -0.39 is 0 Å². The molecule has 0 fully saturated rings. The van der Waals surface area contributed by atoms with E-state index in [-0.39, 0.29) is 5.91 Å². The highest BCUT2D eigenvalue weighted by atomic mass is 32.1. The van der Waals surface area contributed by atoms with Crippen molar-refractivity contribution in [3.63, 3.8) is 0 Å². The number of benzene rings is 2. The quantitative estimate of drug-likeness (QED) is 0.590. The van der Waals surface area contributed by atoms with E-state index in [4.69, 9.17) is 0 Å². The number of anilines is 1. The van der Waals surface area contributed by atoms with Gasteiger partial charge in [0.1, 0.15) is 5.82 Å². The molecule has 4 aromatic rings. The molecule has 0 bridgehead atoms. The number of imidazole rings is 1. The predicted molar refractivity (Wildman–Crippen MR) is 104 cm³/mol. The minimum Gasteiger partial charge on any atom is -0.328 e. The maximum atomic E-state index is 12.6. The summed E-state index contributed by atoms with van der Waals surface area (Å²) in [6.07, 6.45) is 4.10. The third kappa shape index (κ3) is 2.59. The number of hydrogen-bond donors (Lipinski definition) is 1. The molecule has 1 aliphatic heterocycles. The summed E-state index contributed by atoms with van der Waals surface area (Å²) >= 11 is 1.41. The van der Waals surface area contributed by atoms with E-state index in [1.165, 1.54) is 11.3 Å². The minimum absolute atomic E-state index is 0.179. The molecular weight excluding hydrogens is 344 g/mol. The lowest BCUT2D eigenvalue weighted by Crippen LogP contribution is -2.11. The van der Waals surface area contributed by atoms with Gasteiger partial charge in [-0.3, -0.25) is 4.79 Å². The summed E-state index contributed by atoms with van der Waals surface area (Å²) in [7, 11) is 0. The van der Waals surface area contributed by atoms with E-state index in [2.05, 4.69) is 25.9 Å². The molecule has 0 saturated heterocycles. The lowest BCUT2D eigenvalue weighted by Gasteiger charge is -2.08. The van der Waals surface area contributed by atoms with Gasteiger partial charge in [0.25, 0.3) is 5.91 Å². The molecule has 26 heavy (non-hydrogen) atoms. The first-order valence-corrected chi connectivity index (χ1v) is 9.41. The summed E-state index contributed by atoms with van der Waals surface area (Å²) in [5.74, 6) is 0.964. The average Bonchev–Trinajstić information content (AvgIpc) is 3.36. The number of amides is 1. The number of thiazole rings is 1. The van der Waals surface area contributed by atoms with Crippen LogP contribution in [0, 0.1) is 0 Å². The number of nitrogens with zero attached hydrogens (tertiary/aromatic N) is 3. The largest absolute Gasteiger partial charge is 0.328 e. The number of carbonyl (C=O) groups is 1. The molecule has 0 atom stereocenters. The number of aryl methyl sites for hydroxylation is 1. The number of aromatic nitrogens is 3. The Morgan fingerprint density at radius 3 is 3.00 bits per heavy atom. The fourth-order valence-electron chi connectivity index (χ4n) is 3.40. The molecule has 2 aromatic carbocycles. The van der Waals surface area contributed by atoms with Crippen molar-refractivity contribution in [2.75, 3.05) is 5.32 Å². The van der Waals surface area contributed by atoms with Gasteiger partial charge in [-0.15, -0.1) is 11.3 Å².